The Bertz CT molecular complexity index is 1250. The molecule has 5 rings (SSSR count). The minimum absolute atomic E-state index is 0.315. The van der Waals surface area contributed by atoms with E-state index in [1.807, 2.05) is 41.1 Å². The second-order valence-electron chi connectivity index (χ2n) is 6.37. The van der Waals surface area contributed by atoms with E-state index in [1.165, 1.54) is 0 Å². The van der Waals surface area contributed by atoms with Gasteiger partial charge in [0.15, 0.2) is 5.01 Å². The van der Waals surface area contributed by atoms with Crippen LogP contribution in [-0.4, -0.2) is 15.3 Å². The lowest BCUT2D eigenvalue weighted by molar-refractivity contribution is -0.137. The monoisotopic (exact) mass is 417 g/mol. The van der Waals surface area contributed by atoms with Crippen molar-refractivity contribution in [2.24, 2.45) is 4.99 Å². The zero-order valence-corrected chi connectivity index (χ0v) is 15.7. The summed E-state index contributed by atoms with van der Waals surface area (Å²) in [4.78, 5) is 8.51. The molecule has 0 radical (unpaired) electrons. The average molecular weight is 418 g/mol. The molecule has 0 N–H and O–H groups in total. The predicted octanol–water partition coefficient (Wildman–Crippen LogP) is 6.11. The normalized spacial score (nSPS) is 13.8. The van der Waals surface area contributed by atoms with E-state index in [2.05, 4.69) is 4.98 Å². The molecule has 2 aromatic heterocycles. The second kappa shape index (κ2) is 6.18. The summed E-state index contributed by atoms with van der Waals surface area (Å²) in [5, 5.41) is -0.211. The first-order valence-electron chi connectivity index (χ1n) is 8.40. The molecular weight excluding hydrogens is 407 g/mol. The van der Waals surface area contributed by atoms with Crippen LogP contribution in [0, 0.1) is 0 Å². The van der Waals surface area contributed by atoms with E-state index in [0.29, 0.717) is 38.8 Å². The van der Waals surface area contributed by atoms with E-state index in [0.717, 1.165) is 22.5 Å². The minimum Gasteiger partial charge on any atom is -0.315 e. The summed E-state index contributed by atoms with van der Waals surface area (Å²) < 4.78 is 41.5. The van der Waals surface area contributed by atoms with Crippen molar-refractivity contribution in [2.75, 3.05) is 0 Å². The zero-order valence-electron chi connectivity index (χ0n) is 14.2. The second-order valence-corrected chi connectivity index (χ2v) is 7.80. The predicted molar refractivity (Wildman–Crippen MR) is 105 cm³/mol. The number of halogens is 4. The minimum atomic E-state index is -4.45. The van der Waals surface area contributed by atoms with Crippen LogP contribution < -0.4 is 0 Å². The van der Waals surface area contributed by atoms with Crippen molar-refractivity contribution in [1.29, 1.82) is 0 Å². The number of benzene rings is 2. The molecule has 8 heteroatoms. The highest BCUT2D eigenvalue weighted by atomic mass is 35.5. The van der Waals surface area contributed by atoms with Crippen LogP contribution in [0.4, 0.5) is 13.2 Å². The lowest BCUT2D eigenvalue weighted by atomic mass is 10.1. The van der Waals surface area contributed by atoms with Gasteiger partial charge in [0.05, 0.1) is 33.9 Å². The molecule has 0 unspecified atom stereocenters. The van der Waals surface area contributed by atoms with Crippen molar-refractivity contribution in [3.63, 3.8) is 0 Å². The molecule has 0 saturated heterocycles. The van der Waals surface area contributed by atoms with Gasteiger partial charge < -0.3 is 4.57 Å². The maximum Gasteiger partial charge on any atom is 0.443 e. The fraction of sp³-hybridized carbons (Fsp3) is 0.100. The lowest BCUT2D eigenvalue weighted by Gasteiger charge is -2.11. The summed E-state index contributed by atoms with van der Waals surface area (Å²) in [5.41, 5.74) is 4.43. The van der Waals surface area contributed by atoms with Crippen molar-refractivity contribution in [2.45, 2.75) is 12.7 Å². The maximum absolute atomic E-state index is 13.0. The first kappa shape index (κ1) is 17.5. The van der Waals surface area contributed by atoms with E-state index in [4.69, 9.17) is 16.6 Å². The zero-order chi connectivity index (χ0) is 19.5. The summed E-state index contributed by atoms with van der Waals surface area (Å²) >= 11 is 7.01. The number of aromatic nitrogens is 2. The van der Waals surface area contributed by atoms with Gasteiger partial charge in [0, 0.05) is 22.3 Å². The molecule has 140 valence electrons. The van der Waals surface area contributed by atoms with Crippen LogP contribution in [0.5, 0.6) is 0 Å². The molecule has 0 amide bonds. The fourth-order valence-corrected chi connectivity index (χ4v) is 4.43. The first-order valence-corrected chi connectivity index (χ1v) is 9.59. The van der Waals surface area contributed by atoms with E-state index in [-0.39, 0.29) is 0 Å². The van der Waals surface area contributed by atoms with Crippen molar-refractivity contribution in [1.82, 2.24) is 9.55 Å². The van der Waals surface area contributed by atoms with Crippen molar-refractivity contribution in [3.05, 3.63) is 81.6 Å². The van der Waals surface area contributed by atoms with Gasteiger partial charge in [0.1, 0.15) is 0 Å². The molecule has 0 saturated carbocycles. The van der Waals surface area contributed by atoms with Crippen LogP contribution in [0.1, 0.15) is 21.8 Å². The van der Waals surface area contributed by atoms with Gasteiger partial charge in [-0.3, -0.25) is 4.99 Å². The highest BCUT2D eigenvalue weighted by Gasteiger charge is 2.35. The number of hydrogen-bond acceptors (Lipinski definition) is 3. The van der Waals surface area contributed by atoms with Gasteiger partial charge in [-0.05, 0) is 36.4 Å². The number of aliphatic imine (C=N–C) groups is 1. The standard InChI is InChI=1S/C20H11ClF3N3S/c21-13-3-1-4-15-12(13)10-25-18(16-5-2-8-27(15)16)11-6-7-17-14(9-11)26-19(28-17)20(22,23)24/h1-9H,10H2. The summed E-state index contributed by atoms with van der Waals surface area (Å²) in [6, 6.07) is 14.6. The number of nitrogens with zero attached hydrogens (tertiary/aromatic N) is 3. The lowest BCUT2D eigenvalue weighted by Crippen LogP contribution is -2.08. The number of fused-ring (bicyclic) bond motifs is 4. The maximum atomic E-state index is 13.0. The summed E-state index contributed by atoms with van der Waals surface area (Å²) in [6.45, 7) is 0.384. The topological polar surface area (TPSA) is 30.2 Å². The molecule has 0 bridgehead atoms. The number of alkyl halides is 3. The summed E-state index contributed by atoms with van der Waals surface area (Å²) in [6.07, 6.45) is -2.52. The third-order valence-electron chi connectivity index (χ3n) is 4.64. The molecule has 1 aliphatic rings. The Morgan fingerprint density at radius 2 is 1.93 bits per heavy atom. The SMILES string of the molecule is FC(F)(F)c1nc2cc(C3=NCc4c(Cl)cccc4-n4cccc43)ccc2s1. The Labute approximate surface area is 166 Å². The quantitative estimate of drug-likeness (QED) is 0.367. The fourth-order valence-electron chi connectivity index (χ4n) is 3.39. The third-order valence-corrected chi connectivity index (χ3v) is 6.08. The number of rotatable bonds is 1. The highest BCUT2D eigenvalue weighted by molar-refractivity contribution is 7.18. The third kappa shape index (κ3) is 2.73. The highest BCUT2D eigenvalue weighted by Crippen LogP contribution is 2.36. The Hall–Kier alpha value is -2.64. The Morgan fingerprint density at radius 3 is 2.75 bits per heavy atom. The molecule has 1 aliphatic heterocycles. The molecule has 0 aliphatic carbocycles. The van der Waals surface area contributed by atoms with E-state index >= 15 is 0 Å². The van der Waals surface area contributed by atoms with Crippen LogP contribution in [0.2, 0.25) is 5.02 Å². The number of hydrogen-bond donors (Lipinski definition) is 0. The smallest absolute Gasteiger partial charge is 0.315 e. The Kier molecular flexibility index (Phi) is 3.86. The van der Waals surface area contributed by atoms with Gasteiger partial charge in [0.2, 0.25) is 0 Å². The first-order chi connectivity index (χ1) is 13.4. The summed E-state index contributed by atoms with van der Waals surface area (Å²) in [7, 11) is 0. The van der Waals surface area contributed by atoms with Crippen LogP contribution >= 0.6 is 22.9 Å². The molecule has 28 heavy (non-hydrogen) atoms. The van der Waals surface area contributed by atoms with E-state index in [9.17, 15) is 13.2 Å². The van der Waals surface area contributed by atoms with Crippen LogP contribution in [0.15, 0.2) is 59.7 Å². The Balaban J connectivity index is 1.67. The van der Waals surface area contributed by atoms with E-state index < -0.39 is 11.2 Å². The van der Waals surface area contributed by atoms with Gasteiger partial charge in [-0.2, -0.15) is 13.2 Å². The molecule has 0 spiro atoms. The molecule has 2 aromatic carbocycles. The van der Waals surface area contributed by atoms with Crippen LogP contribution in [0.25, 0.3) is 15.9 Å². The van der Waals surface area contributed by atoms with Crippen LogP contribution in [0.3, 0.4) is 0 Å². The molecular formula is C20H11ClF3N3S. The summed E-state index contributed by atoms with van der Waals surface area (Å²) in [5.74, 6) is 0. The molecule has 0 atom stereocenters. The van der Waals surface area contributed by atoms with Crippen LogP contribution in [-0.2, 0) is 12.7 Å². The molecule has 3 heterocycles. The van der Waals surface area contributed by atoms with Gasteiger partial charge in [-0.1, -0.05) is 23.7 Å². The Morgan fingerprint density at radius 1 is 1.07 bits per heavy atom. The van der Waals surface area contributed by atoms with Crippen molar-refractivity contribution < 1.29 is 13.2 Å². The molecule has 3 nitrogen and oxygen atoms in total. The van der Waals surface area contributed by atoms with Crippen molar-refractivity contribution >= 4 is 38.9 Å². The molecule has 0 fully saturated rings. The average Bonchev–Trinajstić information content (AvgIpc) is 3.26. The molecule has 4 aromatic rings. The largest absolute Gasteiger partial charge is 0.443 e. The van der Waals surface area contributed by atoms with E-state index in [1.54, 1.807) is 18.2 Å². The van der Waals surface area contributed by atoms with Gasteiger partial charge in [-0.25, -0.2) is 4.98 Å². The van der Waals surface area contributed by atoms with Gasteiger partial charge in [0.25, 0.3) is 0 Å². The van der Waals surface area contributed by atoms with Crippen molar-refractivity contribution in [3.8, 4) is 5.69 Å². The number of thiazole rings is 1. The van der Waals surface area contributed by atoms with Gasteiger partial charge >= 0.3 is 6.18 Å². The van der Waals surface area contributed by atoms with Gasteiger partial charge in [-0.15, -0.1) is 11.3 Å².